The van der Waals surface area contributed by atoms with Gasteiger partial charge in [-0.3, -0.25) is 19.3 Å². The highest BCUT2D eigenvalue weighted by Crippen LogP contribution is 2.52. The van der Waals surface area contributed by atoms with Gasteiger partial charge in [0.15, 0.2) is 5.60 Å². The smallest absolute Gasteiger partial charge is 0.340 e. The molecular weight excluding hydrogens is 724 g/mol. The van der Waals surface area contributed by atoms with E-state index < -0.39 is 31.5 Å². The molecule has 2 spiro atoms. The van der Waals surface area contributed by atoms with Crippen LogP contribution in [0.3, 0.4) is 0 Å². The fourth-order valence-corrected chi connectivity index (χ4v) is 15.2. The lowest BCUT2D eigenvalue weighted by molar-refractivity contribution is -0.136. The molecule has 1 N–H and O–H groups in total. The van der Waals surface area contributed by atoms with Crippen molar-refractivity contribution in [1.82, 2.24) is 10.2 Å². The van der Waals surface area contributed by atoms with Crippen molar-refractivity contribution >= 4 is 69.4 Å². The molecule has 1 saturated heterocycles. The maximum Gasteiger partial charge on any atom is 0.340 e. The highest BCUT2D eigenvalue weighted by Gasteiger charge is 2.58. The maximum absolute atomic E-state index is 14.1. The van der Waals surface area contributed by atoms with Crippen LogP contribution in [0.4, 0.5) is 11.4 Å². The summed E-state index contributed by atoms with van der Waals surface area (Å²) in [5, 5.41) is 5.54. The van der Waals surface area contributed by atoms with E-state index in [1.807, 2.05) is 0 Å². The molecule has 0 bridgehead atoms. The van der Waals surface area contributed by atoms with Crippen molar-refractivity contribution < 1.29 is 23.9 Å². The number of rotatable bonds is 10. The second kappa shape index (κ2) is 13.7. The molecule has 4 aliphatic rings. The average molecular weight is 770 g/mol. The zero-order valence-electron chi connectivity index (χ0n) is 29.8. The summed E-state index contributed by atoms with van der Waals surface area (Å²) in [6.07, 6.45) is 6.02. The van der Waals surface area contributed by atoms with Gasteiger partial charge in [-0.2, -0.15) is 0 Å². The Labute approximate surface area is 309 Å². The van der Waals surface area contributed by atoms with Crippen LogP contribution in [0, 0.1) is 0 Å². The number of nitrogens with zero attached hydrogens (tertiary/aromatic N) is 3. The quantitative estimate of drug-likeness (QED) is 0.170. The number of anilines is 2. The molecular formula is C40H45BrN4O5Si. The standard InChI is InChI=1S/C40H45BrN4O5Si/c1-5-43(6-2)26-12-14-30-34(22-26)51(20-10-9-11-21-51)35-23-27(44(7-3)8-4)13-15-31(35)40(30)32-24-29(33(41)25-28(32)39(49)50-40)38(48)42-18-19-45-36(46)16-17-37(45)47/h12-17,22-25H,5-11,18-21H2,1-4H3,(H,42,48). The van der Waals surface area contributed by atoms with Crippen LogP contribution in [-0.2, 0) is 19.9 Å². The highest BCUT2D eigenvalue weighted by atomic mass is 79.9. The zero-order valence-corrected chi connectivity index (χ0v) is 32.4. The van der Waals surface area contributed by atoms with E-state index in [2.05, 4.69) is 95.1 Å². The van der Waals surface area contributed by atoms with Crippen molar-refractivity contribution in [2.75, 3.05) is 49.1 Å². The molecule has 3 aromatic carbocycles. The van der Waals surface area contributed by atoms with Crippen LogP contribution >= 0.6 is 15.9 Å². The first-order chi connectivity index (χ1) is 24.6. The van der Waals surface area contributed by atoms with Crippen molar-refractivity contribution in [3.8, 4) is 0 Å². The summed E-state index contributed by atoms with van der Waals surface area (Å²) in [5.41, 5.74) is 4.58. The number of hydrogen-bond acceptors (Lipinski definition) is 7. The molecule has 0 aromatic heterocycles. The molecule has 0 saturated carbocycles. The molecule has 3 aromatic rings. The van der Waals surface area contributed by atoms with Gasteiger partial charge in [0.2, 0.25) is 0 Å². The molecule has 0 unspecified atom stereocenters. The maximum atomic E-state index is 14.1. The minimum absolute atomic E-state index is 0.0572. The zero-order chi connectivity index (χ0) is 36.1. The summed E-state index contributed by atoms with van der Waals surface area (Å²) in [7, 11) is -2.34. The lowest BCUT2D eigenvalue weighted by atomic mass is 9.78. The van der Waals surface area contributed by atoms with Gasteiger partial charge in [-0.05, 0) is 102 Å². The van der Waals surface area contributed by atoms with Crippen LogP contribution in [0.25, 0.3) is 0 Å². The summed E-state index contributed by atoms with van der Waals surface area (Å²) in [4.78, 5) is 57.8. The third kappa shape index (κ3) is 5.55. The van der Waals surface area contributed by atoms with Gasteiger partial charge in [0.25, 0.3) is 17.7 Å². The Hall–Kier alpha value is -4.22. The van der Waals surface area contributed by atoms with Crippen molar-refractivity contribution in [2.45, 2.75) is 64.6 Å². The fourth-order valence-electron chi connectivity index (χ4n) is 8.91. The van der Waals surface area contributed by atoms with Gasteiger partial charge >= 0.3 is 5.97 Å². The van der Waals surface area contributed by atoms with Gasteiger partial charge < -0.3 is 19.9 Å². The number of esters is 1. The summed E-state index contributed by atoms with van der Waals surface area (Å²) in [5.74, 6) is -1.59. The molecule has 7 rings (SSSR count). The van der Waals surface area contributed by atoms with E-state index in [0.717, 1.165) is 54.3 Å². The summed E-state index contributed by atoms with van der Waals surface area (Å²) in [6.45, 7) is 12.4. The van der Waals surface area contributed by atoms with E-state index in [1.54, 1.807) is 12.1 Å². The lowest BCUT2D eigenvalue weighted by Gasteiger charge is -2.48. The SMILES string of the molecule is CCN(CC)c1ccc2c(c1)[Si]1(CCCCC1)c1cc(N(CC)CC)ccc1C21OC(=O)c2cc(Br)c(C(=O)NCCN3C(=O)C=CC3=O)cc21. The second-order valence-electron chi connectivity index (χ2n) is 13.8. The van der Waals surface area contributed by atoms with Crippen molar-refractivity contribution in [2.24, 2.45) is 0 Å². The van der Waals surface area contributed by atoms with E-state index in [1.165, 1.54) is 53.2 Å². The number of hydrogen-bond donors (Lipinski definition) is 1. The molecule has 9 nitrogen and oxygen atoms in total. The number of ether oxygens (including phenoxy) is 1. The van der Waals surface area contributed by atoms with E-state index in [0.29, 0.717) is 21.2 Å². The van der Waals surface area contributed by atoms with Gasteiger partial charge in [-0.1, -0.05) is 31.4 Å². The van der Waals surface area contributed by atoms with Crippen molar-refractivity contribution in [1.29, 1.82) is 0 Å². The molecule has 4 aliphatic heterocycles. The second-order valence-corrected chi connectivity index (χ2v) is 18.9. The number of nitrogens with one attached hydrogen (secondary N) is 1. The number of fused-ring (bicyclic) bond motifs is 8. The van der Waals surface area contributed by atoms with E-state index in [-0.39, 0.29) is 19.0 Å². The molecule has 0 atom stereocenters. The van der Waals surface area contributed by atoms with Gasteiger partial charge in [0.05, 0.1) is 11.1 Å². The van der Waals surface area contributed by atoms with E-state index in [9.17, 15) is 19.2 Å². The van der Waals surface area contributed by atoms with Gasteiger partial charge in [0, 0.05) is 84.0 Å². The Kier molecular flexibility index (Phi) is 9.47. The lowest BCUT2D eigenvalue weighted by Crippen LogP contribution is -2.67. The molecule has 0 aliphatic carbocycles. The van der Waals surface area contributed by atoms with Crippen LogP contribution in [0.2, 0.25) is 12.1 Å². The average Bonchev–Trinajstić information content (AvgIpc) is 3.62. The fraction of sp³-hybridized carbons (Fsp3) is 0.400. The monoisotopic (exact) mass is 768 g/mol. The molecule has 0 radical (unpaired) electrons. The third-order valence-corrected chi connectivity index (χ3v) is 17.4. The molecule has 266 valence electrons. The van der Waals surface area contributed by atoms with Crippen LogP contribution < -0.4 is 25.5 Å². The Morgan fingerprint density at radius 3 is 1.88 bits per heavy atom. The number of carbonyl (C=O) groups excluding carboxylic acids is 4. The Bertz CT molecular complexity index is 1880. The topological polar surface area (TPSA) is 99.3 Å². The molecule has 1 fully saturated rings. The van der Waals surface area contributed by atoms with Crippen LogP contribution in [0.5, 0.6) is 0 Å². The van der Waals surface area contributed by atoms with E-state index >= 15 is 0 Å². The van der Waals surface area contributed by atoms with Crippen LogP contribution in [0.15, 0.2) is 65.2 Å². The first-order valence-corrected chi connectivity index (χ1v) is 21.5. The molecule has 51 heavy (non-hydrogen) atoms. The van der Waals surface area contributed by atoms with Gasteiger partial charge in [-0.15, -0.1) is 0 Å². The Morgan fingerprint density at radius 2 is 1.35 bits per heavy atom. The number of amides is 3. The van der Waals surface area contributed by atoms with Crippen molar-refractivity contribution in [3.05, 3.63) is 93.0 Å². The minimum atomic E-state index is -2.34. The summed E-state index contributed by atoms with van der Waals surface area (Å²) in [6, 6.07) is 19.3. The first-order valence-electron chi connectivity index (χ1n) is 18.3. The summed E-state index contributed by atoms with van der Waals surface area (Å²) >= 11 is 3.57. The third-order valence-electron chi connectivity index (χ3n) is 11.5. The number of benzene rings is 3. The number of halogens is 1. The highest BCUT2D eigenvalue weighted by molar-refractivity contribution is 9.10. The summed E-state index contributed by atoms with van der Waals surface area (Å²) < 4.78 is 7.19. The molecule has 3 amide bonds. The molecule has 4 heterocycles. The molecule has 11 heteroatoms. The minimum Gasteiger partial charge on any atom is -0.441 e. The van der Waals surface area contributed by atoms with E-state index in [4.69, 9.17) is 4.74 Å². The van der Waals surface area contributed by atoms with Gasteiger partial charge in [-0.25, -0.2) is 4.79 Å². The van der Waals surface area contributed by atoms with Crippen LogP contribution in [0.1, 0.15) is 84.4 Å². The number of carbonyl (C=O) groups is 4. The normalized spacial score (nSPS) is 17.7. The predicted molar refractivity (Wildman–Crippen MR) is 206 cm³/mol. The Morgan fingerprint density at radius 1 is 0.804 bits per heavy atom. The Balaban J connectivity index is 1.42. The van der Waals surface area contributed by atoms with Gasteiger partial charge in [0.1, 0.15) is 8.07 Å². The largest absolute Gasteiger partial charge is 0.441 e. The van der Waals surface area contributed by atoms with Crippen LogP contribution in [-0.4, -0.2) is 75.9 Å². The first kappa shape index (κ1) is 35.2. The predicted octanol–water partition coefficient (Wildman–Crippen LogP) is 5.32. The van der Waals surface area contributed by atoms with Crippen molar-refractivity contribution in [3.63, 3.8) is 0 Å². The number of imide groups is 1.